The lowest BCUT2D eigenvalue weighted by molar-refractivity contribution is -0.115. The molecule has 9 heteroatoms. The van der Waals surface area contributed by atoms with E-state index in [1.54, 1.807) is 36.4 Å². The number of carbonyl (C=O) groups is 2. The summed E-state index contributed by atoms with van der Waals surface area (Å²) < 4.78 is 21.4. The molecule has 178 valence electrons. The van der Waals surface area contributed by atoms with Crippen molar-refractivity contribution >= 4 is 40.6 Å². The topological polar surface area (TPSA) is 95.5 Å². The van der Waals surface area contributed by atoms with Crippen molar-refractivity contribution in [2.75, 3.05) is 21.3 Å². The molecule has 4 rings (SSSR count). The Morgan fingerprint density at radius 1 is 0.857 bits per heavy atom. The molecule has 1 heterocycles. The maximum atomic E-state index is 12.7. The summed E-state index contributed by atoms with van der Waals surface area (Å²) in [6, 6.07) is 19.1. The van der Waals surface area contributed by atoms with E-state index in [9.17, 15) is 9.59 Å². The summed E-state index contributed by atoms with van der Waals surface area (Å²) in [5, 5.41) is 3.26. The number of nitrogens with one attached hydrogen (secondary N) is 1. The average Bonchev–Trinajstić information content (AvgIpc) is 3.22. The minimum Gasteiger partial charge on any atom is -0.493 e. The van der Waals surface area contributed by atoms with Crippen molar-refractivity contribution in [2.45, 2.75) is 0 Å². The Hall–Kier alpha value is -4.24. The van der Waals surface area contributed by atoms with Crippen LogP contribution in [0.2, 0.25) is 0 Å². The molecule has 0 aromatic heterocycles. The molecule has 1 aliphatic rings. The van der Waals surface area contributed by atoms with Gasteiger partial charge in [-0.15, -0.1) is 0 Å². The van der Waals surface area contributed by atoms with E-state index in [0.29, 0.717) is 38.4 Å². The van der Waals surface area contributed by atoms with Crippen LogP contribution in [0.4, 0.5) is 5.69 Å². The SMILES string of the molecule is COc1ccc(C(=O)Oc2ccc(/C=C3/SC(=Nc4ccccc4)NC3=O)cc2OC)cc1OC. The Labute approximate surface area is 206 Å². The van der Waals surface area contributed by atoms with E-state index in [1.807, 2.05) is 30.3 Å². The first-order valence-corrected chi connectivity index (χ1v) is 11.3. The fourth-order valence-corrected chi connectivity index (χ4v) is 4.07. The van der Waals surface area contributed by atoms with E-state index in [-0.39, 0.29) is 11.7 Å². The van der Waals surface area contributed by atoms with Crippen LogP contribution in [0.1, 0.15) is 15.9 Å². The lowest BCUT2D eigenvalue weighted by atomic mass is 10.1. The van der Waals surface area contributed by atoms with E-state index < -0.39 is 5.97 Å². The number of amides is 1. The zero-order chi connectivity index (χ0) is 24.8. The highest BCUT2D eigenvalue weighted by Crippen LogP contribution is 2.33. The minimum atomic E-state index is -0.581. The quantitative estimate of drug-likeness (QED) is 0.288. The van der Waals surface area contributed by atoms with Crippen LogP contribution in [-0.4, -0.2) is 38.4 Å². The van der Waals surface area contributed by atoms with Gasteiger partial charge in [-0.05, 0) is 65.9 Å². The Balaban J connectivity index is 1.52. The molecule has 8 nitrogen and oxygen atoms in total. The highest BCUT2D eigenvalue weighted by molar-refractivity contribution is 8.18. The number of carbonyl (C=O) groups excluding carboxylic acids is 2. The molecule has 3 aromatic carbocycles. The van der Waals surface area contributed by atoms with Crippen LogP contribution in [0.5, 0.6) is 23.0 Å². The number of para-hydroxylation sites is 1. The lowest BCUT2D eigenvalue weighted by Crippen LogP contribution is -2.19. The third-order valence-electron chi connectivity index (χ3n) is 4.95. The molecule has 0 atom stereocenters. The number of hydrogen-bond acceptors (Lipinski definition) is 8. The van der Waals surface area contributed by atoms with E-state index >= 15 is 0 Å². The first-order valence-electron chi connectivity index (χ1n) is 10.5. The normalized spacial score (nSPS) is 15.1. The summed E-state index contributed by atoms with van der Waals surface area (Å²) >= 11 is 1.24. The van der Waals surface area contributed by atoms with Gasteiger partial charge in [0.2, 0.25) is 0 Å². The van der Waals surface area contributed by atoms with Crippen molar-refractivity contribution in [3.05, 3.63) is 82.8 Å². The number of ether oxygens (including phenoxy) is 4. The summed E-state index contributed by atoms with van der Waals surface area (Å²) in [5.41, 5.74) is 1.74. The van der Waals surface area contributed by atoms with Gasteiger partial charge in [0, 0.05) is 0 Å². The van der Waals surface area contributed by atoms with Crippen LogP contribution in [0, 0.1) is 0 Å². The molecule has 1 saturated heterocycles. The van der Waals surface area contributed by atoms with Gasteiger partial charge < -0.3 is 24.3 Å². The van der Waals surface area contributed by atoms with Crippen LogP contribution in [-0.2, 0) is 4.79 Å². The Kier molecular flexibility index (Phi) is 7.37. The van der Waals surface area contributed by atoms with Crippen LogP contribution >= 0.6 is 11.8 Å². The van der Waals surface area contributed by atoms with E-state index in [0.717, 1.165) is 5.69 Å². The maximum Gasteiger partial charge on any atom is 0.343 e. The summed E-state index contributed by atoms with van der Waals surface area (Å²) in [6.45, 7) is 0. The number of amidine groups is 1. The summed E-state index contributed by atoms with van der Waals surface area (Å²) in [5.74, 6) is 0.678. The molecule has 1 N–H and O–H groups in total. The monoisotopic (exact) mass is 490 g/mol. The second-order valence-electron chi connectivity index (χ2n) is 7.19. The van der Waals surface area contributed by atoms with E-state index in [4.69, 9.17) is 18.9 Å². The van der Waals surface area contributed by atoms with Gasteiger partial charge in [-0.2, -0.15) is 0 Å². The van der Waals surface area contributed by atoms with Crippen molar-refractivity contribution in [2.24, 2.45) is 4.99 Å². The third-order valence-corrected chi connectivity index (χ3v) is 5.85. The number of aliphatic imine (C=N–C) groups is 1. The largest absolute Gasteiger partial charge is 0.493 e. The molecular weight excluding hydrogens is 468 g/mol. The first kappa shape index (κ1) is 23.9. The fraction of sp³-hybridized carbons (Fsp3) is 0.115. The second kappa shape index (κ2) is 10.8. The lowest BCUT2D eigenvalue weighted by Gasteiger charge is -2.12. The number of nitrogens with zero attached hydrogens (tertiary/aromatic N) is 1. The molecule has 0 radical (unpaired) electrons. The van der Waals surface area contributed by atoms with Crippen LogP contribution < -0.4 is 24.3 Å². The van der Waals surface area contributed by atoms with Gasteiger partial charge in [0.25, 0.3) is 5.91 Å². The Bertz CT molecular complexity index is 1320. The van der Waals surface area contributed by atoms with Crippen molar-refractivity contribution in [1.82, 2.24) is 5.32 Å². The highest BCUT2D eigenvalue weighted by atomic mass is 32.2. The molecule has 1 fully saturated rings. The third kappa shape index (κ3) is 5.64. The molecule has 1 aliphatic heterocycles. The molecule has 3 aromatic rings. The number of hydrogen-bond donors (Lipinski definition) is 1. The molecule has 0 spiro atoms. The molecule has 0 bridgehead atoms. The molecule has 1 amide bonds. The fourth-order valence-electron chi connectivity index (χ4n) is 3.23. The van der Waals surface area contributed by atoms with Crippen LogP contribution in [0.15, 0.2) is 76.6 Å². The first-order chi connectivity index (χ1) is 17.0. The van der Waals surface area contributed by atoms with Gasteiger partial charge in [0.15, 0.2) is 28.2 Å². The standard InChI is InChI=1S/C26H22N2O6S/c1-31-19-12-10-17(15-22(19)33-3)25(30)34-20-11-9-16(13-21(20)32-2)14-23-24(29)28-26(35-23)27-18-7-5-4-6-8-18/h4-15H,1-3H3,(H,27,28,29)/b23-14+. The molecule has 35 heavy (non-hydrogen) atoms. The number of methoxy groups -OCH3 is 3. The molecule has 0 aliphatic carbocycles. The van der Waals surface area contributed by atoms with Crippen molar-refractivity contribution in [3.63, 3.8) is 0 Å². The highest BCUT2D eigenvalue weighted by Gasteiger charge is 2.24. The smallest absolute Gasteiger partial charge is 0.343 e. The van der Waals surface area contributed by atoms with Crippen LogP contribution in [0.3, 0.4) is 0 Å². The predicted molar refractivity (Wildman–Crippen MR) is 135 cm³/mol. The van der Waals surface area contributed by atoms with E-state index in [2.05, 4.69) is 10.3 Å². The van der Waals surface area contributed by atoms with Gasteiger partial charge in [-0.3, -0.25) is 4.79 Å². The van der Waals surface area contributed by atoms with Crippen molar-refractivity contribution in [1.29, 1.82) is 0 Å². The number of esters is 1. The number of rotatable bonds is 7. The second-order valence-corrected chi connectivity index (χ2v) is 8.22. The number of benzene rings is 3. The van der Waals surface area contributed by atoms with Gasteiger partial charge in [-0.25, -0.2) is 9.79 Å². The van der Waals surface area contributed by atoms with Gasteiger partial charge in [0.1, 0.15) is 0 Å². The number of thioether (sulfide) groups is 1. The maximum absolute atomic E-state index is 12.7. The minimum absolute atomic E-state index is 0.240. The van der Waals surface area contributed by atoms with Gasteiger partial charge in [0.05, 0.1) is 37.5 Å². The van der Waals surface area contributed by atoms with Gasteiger partial charge in [-0.1, -0.05) is 24.3 Å². The zero-order valence-electron chi connectivity index (χ0n) is 19.2. The molecular formula is C26H22N2O6S. The van der Waals surface area contributed by atoms with Crippen molar-refractivity contribution < 1.29 is 28.5 Å². The summed E-state index contributed by atoms with van der Waals surface area (Å²) in [6.07, 6.45) is 1.72. The predicted octanol–water partition coefficient (Wildman–Crippen LogP) is 4.82. The zero-order valence-corrected chi connectivity index (χ0v) is 20.0. The Morgan fingerprint density at radius 2 is 1.54 bits per heavy atom. The molecule has 0 saturated carbocycles. The summed E-state index contributed by atoms with van der Waals surface area (Å²) in [4.78, 5) is 30.0. The average molecular weight is 491 g/mol. The van der Waals surface area contributed by atoms with Crippen molar-refractivity contribution in [3.8, 4) is 23.0 Å². The summed E-state index contributed by atoms with van der Waals surface area (Å²) in [7, 11) is 4.48. The van der Waals surface area contributed by atoms with Gasteiger partial charge >= 0.3 is 5.97 Å². The molecule has 0 unspecified atom stereocenters. The van der Waals surface area contributed by atoms with E-state index in [1.165, 1.54) is 39.2 Å². The van der Waals surface area contributed by atoms with Crippen LogP contribution in [0.25, 0.3) is 6.08 Å². The Morgan fingerprint density at radius 3 is 2.26 bits per heavy atom.